The molecule has 0 bridgehead atoms. The Morgan fingerprint density at radius 1 is 1.33 bits per heavy atom. The molecule has 1 saturated heterocycles. The van der Waals surface area contributed by atoms with Gasteiger partial charge in [-0.3, -0.25) is 0 Å². The fourth-order valence-electron chi connectivity index (χ4n) is 5.15. The number of benzene rings is 1. The number of rotatable bonds is 1. The van der Waals surface area contributed by atoms with Crippen LogP contribution in [0.15, 0.2) is 42.0 Å². The van der Waals surface area contributed by atoms with E-state index in [0.717, 1.165) is 30.4 Å². The summed E-state index contributed by atoms with van der Waals surface area (Å²) in [7, 11) is 0. The summed E-state index contributed by atoms with van der Waals surface area (Å²) in [5.41, 5.74) is 4.84. The van der Waals surface area contributed by atoms with E-state index >= 15 is 0 Å². The summed E-state index contributed by atoms with van der Waals surface area (Å²) in [5.74, 6) is 0.647. The Bertz CT molecular complexity index is 729. The fourth-order valence-corrected chi connectivity index (χ4v) is 5.15. The molecule has 24 heavy (non-hydrogen) atoms. The molecule has 3 aliphatic rings. The number of ether oxygens (including phenoxy) is 1. The van der Waals surface area contributed by atoms with Crippen LogP contribution in [0.5, 0.6) is 0 Å². The zero-order valence-corrected chi connectivity index (χ0v) is 14.7. The van der Waals surface area contributed by atoms with Crippen molar-refractivity contribution in [2.24, 2.45) is 17.3 Å². The smallest absolute Gasteiger partial charge is 0.334 e. The highest BCUT2D eigenvalue weighted by molar-refractivity contribution is 5.96. The number of allylic oxidation sites excluding steroid dienone is 1. The third kappa shape index (κ3) is 2.44. The molecular formula is C22H26O2. The molecule has 1 aromatic rings. The van der Waals surface area contributed by atoms with E-state index in [-0.39, 0.29) is 23.4 Å². The van der Waals surface area contributed by atoms with Crippen LogP contribution in [0.3, 0.4) is 0 Å². The summed E-state index contributed by atoms with van der Waals surface area (Å²) < 4.78 is 5.80. The summed E-state index contributed by atoms with van der Waals surface area (Å²) >= 11 is 0. The molecule has 1 aromatic carbocycles. The van der Waals surface area contributed by atoms with Gasteiger partial charge in [0.15, 0.2) is 0 Å². The zero-order valence-electron chi connectivity index (χ0n) is 14.7. The SMILES string of the molecule is C=C1CCC[C@]2(C)C[C@H]3OC(=O)/C(=C/c4ccccc4C)[C@H]3C[C@@H]12. The molecule has 126 valence electrons. The topological polar surface area (TPSA) is 26.3 Å². The van der Waals surface area contributed by atoms with Crippen LogP contribution in [0.25, 0.3) is 6.08 Å². The molecule has 2 saturated carbocycles. The summed E-state index contributed by atoms with van der Waals surface area (Å²) in [6.07, 6.45) is 7.72. The second-order valence-electron chi connectivity index (χ2n) is 8.16. The molecule has 3 fully saturated rings. The predicted molar refractivity (Wildman–Crippen MR) is 96.3 cm³/mol. The van der Waals surface area contributed by atoms with Gasteiger partial charge >= 0.3 is 5.97 Å². The first-order valence-corrected chi connectivity index (χ1v) is 9.14. The van der Waals surface area contributed by atoms with E-state index in [9.17, 15) is 4.79 Å². The van der Waals surface area contributed by atoms with E-state index in [1.165, 1.54) is 24.0 Å². The van der Waals surface area contributed by atoms with Gasteiger partial charge in [-0.05, 0) is 67.6 Å². The zero-order chi connectivity index (χ0) is 16.9. The van der Waals surface area contributed by atoms with Gasteiger partial charge in [0.25, 0.3) is 0 Å². The predicted octanol–water partition coefficient (Wildman–Crippen LogP) is 5.08. The number of hydrogen-bond donors (Lipinski definition) is 0. The lowest BCUT2D eigenvalue weighted by molar-refractivity contribution is -0.142. The van der Waals surface area contributed by atoms with Crippen LogP contribution in [0.2, 0.25) is 0 Å². The van der Waals surface area contributed by atoms with Crippen LogP contribution < -0.4 is 0 Å². The highest BCUT2D eigenvalue weighted by atomic mass is 16.6. The van der Waals surface area contributed by atoms with Gasteiger partial charge in [0, 0.05) is 11.5 Å². The van der Waals surface area contributed by atoms with Gasteiger partial charge in [0.05, 0.1) is 0 Å². The minimum absolute atomic E-state index is 0.0555. The van der Waals surface area contributed by atoms with Crippen LogP contribution in [0.4, 0.5) is 0 Å². The van der Waals surface area contributed by atoms with Crippen molar-refractivity contribution in [3.8, 4) is 0 Å². The summed E-state index contributed by atoms with van der Waals surface area (Å²) in [4.78, 5) is 12.5. The average Bonchev–Trinajstić information content (AvgIpc) is 2.82. The third-order valence-corrected chi connectivity index (χ3v) is 6.58. The second kappa shape index (κ2) is 5.61. The van der Waals surface area contributed by atoms with Crippen molar-refractivity contribution in [3.05, 3.63) is 53.1 Å². The largest absolute Gasteiger partial charge is 0.458 e. The van der Waals surface area contributed by atoms with Crippen molar-refractivity contribution >= 4 is 12.0 Å². The number of hydrogen-bond acceptors (Lipinski definition) is 2. The van der Waals surface area contributed by atoms with Crippen LogP contribution in [0.1, 0.15) is 50.2 Å². The maximum atomic E-state index is 12.5. The lowest BCUT2D eigenvalue weighted by Crippen LogP contribution is -2.43. The maximum Gasteiger partial charge on any atom is 0.334 e. The maximum absolute atomic E-state index is 12.5. The molecule has 0 aromatic heterocycles. The first kappa shape index (κ1) is 15.7. The highest BCUT2D eigenvalue weighted by Gasteiger charge is 2.53. The third-order valence-electron chi connectivity index (χ3n) is 6.58. The van der Waals surface area contributed by atoms with E-state index in [4.69, 9.17) is 4.74 Å². The molecule has 2 heteroatoms. The monoisotopic (exact) mass is 322 g/mol. The standard InChI is InChI=1S/C22H26O2/c1-14-7-4-5-9-16(14)11-18-17-12-19-15(2)8-6-10-22(19,3)13-20(17)24-21(18)23/h4-5,7,9,11,17,19-20H,2,6,8,10,12-13H2,1,3H3/b18-11+/t17-,19+,20-,22-/m1/s1. The molecule has 2 aliphatic carbocycles. The fraction of sp³-hybridized carbons (Fsp3) is 0.500. The molecule has 0 unspecified atom stereocenters. The number of aryl methyl sites for hydroxylation is 1. The van der Waals surface area contributed by atoms with Gasteiger partial charge in [-0.2, -0.15) is 0 Å². The van der Waals surface area contributed by atoms with Crippen LogP contribution >= 0.6 is 0 Å². The van der Waals surface area contributed by atoms with E-state index in [1.807, 2.05) is 12.1 Å². The van der Waals surface area contributed by atoms with Crippen molar-refractivity contribution in [2.45, 2.75) is 52.1 Å². The van der Waals surface area contributed by atoms with Crippen molar-refractivity contribution in [2.75, 3.05) is 0 Å². The second-order valence-corrected chi connectivity index (χ2v) is 8.16. The van der Waals surface area contributed by atoms with Gasteiger partial charge < -0.3 is 4.74 Å². The van der Waals surface area contributed by atoms with Crippen molar-refractivity contribution in [1.82, 2.24) is 0 Å². The van der Waals surface area contributed by atoms with Gasteiger partial charge in [0.1, 0.15) is 6.10 Å². The van der Waals surface area contributed by atoms with Crippen LogP contribution in [-0.4, -0.2) is 12.1 Å². The van der Waals surface area contributed by atoms with Crippen molar-refractivity contribution in [3.63, 3.8) is 0 Å². The van der Waals surface area contributed by atoms with Gasteiger partial charge in [-0.25, -0.2) is 4.79 Å². The van der Waals surface area contributed by atoms with E-state index in [0.29, 0.717) is 5.92 Å². The molecule has 0 spiro atoms. The van der Waals surface area contributed by atoms with E-state index < -0.39 is 0 Å². The van der Waals surface area contributed by atoms with E-state index in [1.54, 1.807) is 0 Å². The van der Waals surface area contributed by atoms with Gasteiger partial charge in [-0.1, -0.05) is 43.3 Å². The minimum Gasteiger partial charge on any atom is -0.458 e. The first-order valence-electron chi connectivity index (χ1n) is 9.14. The Kier molecular flexibility index (Phi) is 3.67. The van der Waals surface area contributed by atoms with Crippen LogP contribution in [-0.2, 0) is 9.53 Å². The van der Waals surface area contributed by atoms with Gasteiger partial charge in [0.2, 0.25) is 0 Å². The Hall–Kier alpha value is -1.83. The molecular weight excluding hydrogens is 296 g/mol. The lowest BCUT2D eigenvalue weighted by Gasteiger charge is -2.49. The normalized spacial score (nSPS) is 37.1. The number of fused-ring (bicyclic) bond motifs is 2. The molecule has 0 N–H and O–H groups in total. The minimum atomic E-state index is -0.110. The Labute approximate surface area is 144 Å². The van der Waals surface area contributed by atoms with Crippen molar-refractivity contribution < 1.29 is 9.53 Å². The molecule has 2 nitrogen and oxygen atoms in total. The molecule has 0 radical (unpaired) electrons. The molecule has 4 rings (SSSR count). The van der Waals surface area contributed by atoms with Crippen LogP contribution in [0, 0.1) is 24.2 Å². The summed E-state index contributed by atoms with van der Waals surface area (Å²) in [6.45, 7) is 8.81. The number of esters is 1. The Morgan fingerprint density at radius 3 is 2.92 bits per heavy atom. The first-order chi connectivity index (χ1) is 11.5. The quantitative estimate of drug-likeness (QED) is 0.409. The molecule has 0 amide bonds. The van der Waals surface area contributed by atoms with Crippen molar-refractivity contribution in [1.29, 1.82) is 0 Å². The van der Waals surface area contributed by atoms with Gasteiger partial charge in [-0.15, -0.1) is 0 Å². The Morgan fingerprint density at radius 2 is 2.12 bits per heavy atom. The average molecular weight is 322 g/mol. The summed E-state index contributed by atoms with van der Waals surface area (Å²) in [5, 5.41) is 0. The molecule has 1 aliphatic heterocycles. The van der Waals surface area contributed by atoms with E-state index in [2.05, 4.69) is 38.6 Å². The number of carbonyl (C=O) groups is 1. The highest BCUT2D eigenvalue weighted by Crippen LogP contribution is 2.56. The molecule has 4 atom stereocenters. The molecule has 1 heterocycles. The number of carbonyl (C=O) groups excluding carboxylic acids is 1. The Balaban J connectivity index is 1.68. The summed E-state index contributed by atoms with van der Waals surface area (Å²) in [6, 6.07) is 8.23. The lowest BCUT2D eigenvalue weighted by atomic mass is 9.56.